The zero-order valence-corrected chi connectivity index (χ0v) is 12.0. The summed E-state index contributed by atoms with van der Waals surface area (Å²) >= 11 is 0. The smallest absolute Gasteiger partial charge is 0.307 e. The van der Waals surface area contributed by atoms with Gasteiger partial charge in [-0.3, -0.25) is 9.59 Å². The second-order valence-electron chi connectivity index (χ2n) is 6.01. The standard InChI is InChI=1S/C15H18N2O4/c1-7(2)11-8-3-4-9(11)13(15(19)20)12(8)14(18)16-10-5-6-21-17-10/h5-6,8-9,12-13H,3-4H2,1-2H3,(H,19,20)(H,16,17,18)/t8-,9+,12+,13+/m0/s1. The van der Waals surface area contributed by atoms with E-state index in [0.29, 0.717) is 5.82 Å². The number of rotatable bonds is 3. The minimum Gasteiger partial charge on any atom is -0.481 e. The molecule has 6 nitrogen and oxygen atoms in total. The molecule has 1 amide bonds. The molecule has 2 aliphatic rings. The van der Waals surface area contributed by atoms with Crippen LogP contribution in [0.1, 0.15) is 26.7 Å². The van der Waals surface area contributed by atoms with Gasteiger partial charge in [0.2, 0.25) is 5.91 Å². The van der Waals surface area contributed by atoms with Gasteiger partial charge in [0.05, 0.1) is 11.8 Å². The van der Waals surface area contributed by atoms with Gasteiger partial charge in [-0.25, -0.2) is 0 Å². The largest absolute Gasteiger partial charge is 0.481 e. The minimum atomic E-state index is -0.888. The number of carboxylic acids is 1. The van der Waals surface area contributed by atoms with Gasteiger partial charge < -0.3 is 14.9 Å². The van der Waals surface area contributed by atoms with E-state index < -0.39 is 17.8 Å². The van der Waals surface area contributed by atoms with Gasteiger partial charge in [-0.15, -0.1) is 0 Å². The molecule has 4 atom stereocenters. The third kappa shape index (κ3) is 2.14. The summed E-state index contributed by atoms with van der Waals surface area (Å²) in [5, 5.41) is 15.9. The number of carboxylic acid groups (broad SMARTS) is 1. The summed E-state index contributed by atoms with van der Waals surface area (Å²) in [7, 11) is 0. The van der Waals surface area contributed by atoms with Crippen LogP contribution in [-0.4, -0.2) is 22.1 Å². The van der Waals surface area contributed by atoms with E-state index in [0.717, 1.165) is 18.4 Å². The average Bonchev–Trinajstić information content (AvgIpc) is 3.11. The average molecular weight is 290 g/mol. The molecular weight excluding hydrogens is 272 g/mol. The molecule has 0 unspecified atom stereocenters. The second kappa shape index (κ2) is 5.02. The molecular formula is C15H18N2O4. The Balaban J connectivity index is 1.91. The maximum Gasteiger partial charge on any atom is 0.307 e. The lowest BCUT2D eigenvalue weighted by Crippen LogP contribution is -2.37. The highest BCUT2D eigenvalue weighted by Crippen LogP contribution is 2.57. The van der Waals surface area contributed by atoms with Crippen molar-refractivity contribution >= 4 is 17.7 Å². The van der Waals surface area contributed by atoms with Gasteiger partial charge in [0.1, 0.15) is 6.26 Å². The van der Waals surface area contributed by atoms with Crippen LogP contribution in [0.3, 0.4) is 0 Å². The van der Waals surface area contributed by atoms with Crippen LogP contribution in [0.25, 0.3) is 0 Å². The molecule has 0 aromatic carbocycles. The molecule has 3 rings (SSSR count). The molecule has 0 saturated heterocycles. The number of fused-ring (bicyclic) bond motifs is 2. The zero-order valence-electron chi connectivity index (χ0n) is 12.0. The van der Waals surface area contributed by atoms with E-state index in [9.17, 15) is 14.7 Å². The van der Waals surface area contributed by atoms with E-state index in [1.807, 2.05) is 13.8 Å². The number of nitrogens with one attached hydrogen (secondary N) is 1. The van der Waals surface area contributed by atoms with E-state index in [4.69, 9.17) is 0 Å². The van der Waals surface area contributed by atoms with Crippen molar-refractivity contribution in [2.24, 2.45) is 23.7 Å². The number of hydrogen-bond donors (Lipinski definition) is 2. The van der Waals surface area contributed by atoms with Crippen LogP contribution < -0.4 is 5.32 Å². The fourth-order valence-corrected chi connectivity index (χ4v) is 4.09. The fourth-order valence-electron chi connectivity index (χ4n) is 4.09. The van der Waals surface area contributed by atoms with Crippen LogP contribution in [0.4, 0.5) is 5.82 Å². The van der Waals surface area contributed by atoms with Crippen molar-refractivity contribution in [1.82, 2.24) is 5.16 Å². The Kier molecular flexibility index (Phi) is 3.31. The van der Waals surface area contributed by atoms with Gasteiger partial charge >= 0.3 is 5.97 Å². The number of carbonyl (C=O) groups is 2. The van der Waals surface area contributed by atoms with Crippen molar-refractivity contribution in [3.63, 3.8) is 0 Å². The van der Waals surface area contributed by atoms with E-state index in [-0.39, 0.29) is 17.7 Å². The van der Waals surface area contributed by atoms with E-state index in [1.165, 1.54) is 11.8 Å². The van der Waals surface area contributed by atoms with Gasteiger partial charge in [-0.2, -0.15) is 0 Å². The predicted octanol–water partition coefficient (Wildman–Crippen LogP) is 2.31. The minimum absolute atomic E-state index is 0.00874. The SMILES string of the molecule is CC(C)=C1[C@H]2CC[C@@H]1[C@@H](C(=O)Nc1ccon1)[C@@H]2C(=O)O. The summed E-state index contributed by atoms with van der Waals surface area (Å²) in [6.45, 7) is 3.99. The Labute approximate surface area is 122 Å². The van der Waals surface area contributed by atoms with Gasteiger partial charge in [0, 0.05) is 6.07 Å². The molecule has 112 valence electrons. The molecule has 0 spiro atoms. The number of hydrogen-bond acceptors (Lipinski definition) is 4. The van der Waals surface area contributed by atoms with Gasteiger partial charge in [-0.05, 0) is 38.5 Å². The lowest BCUT2D eigenvalue weighted by molar-refractivity contribution is -0.148. The summed E-state index contributed by atoms with van der Waals surface area (Å²) in [5.41, 5.74) is 2.31. The molecule has 1 aromatic heterocycles. The Morgan fingerprint density at radius 3 is 2.48 bits per heavy atom. The molecule has 2 bridgehead atoms. The highest BCUT2D eigenvalue weighted by Gasteiger charge is 2.57. The van der Waals surface area contributed by atoms with Crippen molar-refractivity contribution in [2.45, 2.75) is 26.7 Å². The molecule has 2 saturated carbocycles. The normalized spacial score (nSPS) is 30.5. The quantitative estimate of drug-likeness (QED) is 0.833. The molecule has 0 aliphatic heterocycles. The summed E-state index contributed by atoms with van der Waals surface area (Å²) in [5.74, 6) is -1.98. The molecule has 21 heavy (non-hydrogen) atoms. The molecule has 1 aromatic rings. The number of anilines is 1. The Morgan fingerprint density at radius 1 is 1.29 bits per heavy atom. The summed E-state index contributed by atoms with van der Waals surface area (Å²) in [4.78, 5) is 24.1. The topological polar surface area (TPSA) is 92.4 Å². The first kappa shape index (κ1) is 13.9. The number of amides is 1. The van der Waals surface area contributed by atoms with Crippen molar-refractivity contribution in [1.29, 1.82) is 0 Å². The lowest BCUT2D eigenvalue weighted by Gasteiger charge is -2.25. The third-order valence-electron chi connectivity index (χ3n) is 4.70. The Hall–Kier alpha value is -2.11. The van der Waals surface area contributed by atoms with Crippen LogP contribution in [0, 0.1) is 23.7 Å². The number of carbonyl (C=O) groups excluding carboxylic acids is 1. The molecule has 2 fully saturated rings. The summed E-state index contributed by atoms with van der Waals surface area (Å²) < 4.78 is 4.68. The zero-order chi connectivity index (χ0) is 15.1. The highest BCUT2D eigenvalue weighted by molar-refractivity contribution is 5.96. The van der Waals surface area contributed by atoms with Crippen molar-refractivity contribution in [2.75, 3.05) is 5.32 Å². The van der Waals surface area contributed by atoms with Gasteiger partial charge in [-0.1, -0.05) is 16.3 Å². The number of nitrogens with zero attached hydrogens (tertiary/aromatic N) is 1. The second-order valence-corrected chi connectivity index (χ2v) is 6.01. The third-order valence-corrected chi connectivity index (χ3v) is 4.70. The molecule has 0 radical (unpaired) electrons. The molecule has 2 N–H and O–H groups in total. The van der Waals surface area contributed by atoms with Crippen LogP contribution in [-0.2, 0) is 9.59 Å². The van der Waals surface area contributed by atoms with Crippen molar-refractivity contribution in [3.05, 3.63) is 23.5 Å². The predicted molar refractivity (Wildman–Crippen MR) is 74.3 cm³/mol. The lowest BCUT2D eigenvalue weighted by atomic mass is 9.79. The highest BCUT2D eigenvalue weighted by atomic mass is 16.5. The van der Waals surface area contributed by atoms with Crippen LogP contribution in [0.2, 0.25) is 0 Å². The maximum absolute atomic E-state index is 12.5. The van der Waals surface area contributed by atoms with E-state index >= 15 is 0 Å². The Bertz CT molecular complexity index is 601. The monoisotopic (exact) mass is 290 g/mol. The molecule has 1 heterocycles. The maximum atomic E-state index is 12.5. The Morgan fingerprint density at radius 2 is 1.95 bits per heavy atom. The van der Waals surface area contributed by atoms with Gasteiger partial charge in [0.15, 0.2) is 5.82 Å². The van der Waals surface area contributed by atoms with Crippen LogP contribution >= 0.6 is 0 Å². The number of allylic oxidation sites excluding steroid dienone is 2. The van der Waals surface area contributed by atoms with E-state index in [1.54, 1.807) is 6.07 Å². The summed E-state index contributed by atoms with van der Waals surface area (Å²) in [6, 6.07) is 1.54. The van der Waals surface area contributed by atoms with Crippen molar-refractivity contribution in [3.8, 4) is 0 Å². The van der Waals surface area contributed by atoms with Crippen LogP contribution in [0.15, 0.2) is 28.0 Å². The number of aromatic nitrogens is 1. The molecule has 6 heteroatoms. The summed E-state index contributed by atoms with van der Waals surface area (Å²) in [6.07, 6.45) is 3.11. The number of aliphatic carboxylic acids is 1. The first-order valence-corrected chi connectivity index (χ1v) is 7.12. The van der Waals surface area contributed by atoms with Crippen LogP contribution in [0.5, 0.6) is 0 Å². The first-order valence-electron chi connectivity index (χ1n) is 7.12. The first-order chi connectivity index (χ1) is 10.0. The van der Waals surface area contributed by atoms with Crippen molar-refractivity contribution < 1.29 is 19.2 Å². The van der Waals surface area contributed by atoms with Gasteiger partial charge in [0.25, 0.3) is 0 Å². The fraction of sp³-hybridized carbons (Fsp3) is 0.533. The molecule has 2 aliphatic carbocycles. The van der Waals surface area contributed by atoms with E-state index in [2.05, 4.69) is 15.0 Å².